The third-order valence-corrected chi connectivity index (χ3v) is 9.15. The van der Waals surface area contributed by atoms with Crippen molar-refractivity contribution in [2.75, 3.05) is 32.9 Å². The first kappa shape index (κ1) is 28.3. The van der Waals surface area contributed by atoms with E-state index in [0.29, 0.717) is 52.3 Å². The first-order valence-electron chi connectivity index (χ1n) is 13.4. The zero-order valence-electron chi connectivity index (χ0n) is 23.0. The summed E-state index contributed by atoms with van der Waals surface area (Å²) in [5.41, 5.74) is 3.94. The summed E-state index contributed by atoms with van der Waals surface area (Å²) in [6, 6.07) is 12.0. The molecule has 0 spiro atoms. The molecule has 0 radical (unpaired) electrons. The van der Waals surface area contributed by atoms with Gasteiger partial charge in [0.05, 0.1) is 18.7 Å². The highest BCUT2D eigenvalue weighted by atomic mass is 28.3. The number of amides is 1. The molecule has 1 N–H and O–H groups in total. The van der Waals surface area contributed by atoms with Crippen molar-refractivity contribution in [3.8, 4) is 0 Å². The predicted octanol–water partition coefficient (Wildman–Crippen LogP) is 6.07. The van der Waals surface area contributed by atoms with Crippen molar-refractivity contribution in [3.63, 3.8) is 0 Å². The van der Waals surface area contributed by atoms with Crippen LogP contribution in [0.1, 0.15) is 29.5 Å². The molecule has 0 unspecified atom stereocenters. The van der Waals surface area contributed by atoms with E-state index in [1.807, 2.05) is 10.9 Å². The maximum Gasteiger partial charge on any atom is 0.407 e. The second kappa shape index (κ2) is 12.0. The van der Waals surface area contributed by atoms with E-state index < -0.39 is 14.2 Å². The van der Waals surface area contributed by atoms with Crippen LogP contribution in [0, 0.1) is 12.7 Å². The molecule has 1 aliphatic heterocycles. The van der Waals surface area contributed by atoms with Gasteiger partial charge < -0.3 is 19.5 Å². The molecule has 1 saturated heterocycles. The second-order valence-electron chi connectivity index (χ2n) is 11.7. The fourth-order valence-electron chi connectivity index (χ4n) is 5.11. The highest BCUT2D eigenvalue weighted by molar-refractivity contribution is 6.76. The lowest BCUT2D eigenvalue weighted by Gasteiger charge is -2.41. The summed E-state index contributed by atoms with van der Waals surface area (Å²) in [6.45, 7) is 12.2. The SMILES string of the molecule is Cc1cc(CCOCC2(c3ccc(F)cc3)CCN(C(=O)O)CC2)c2nn(COCC[Si](C)(C)C)cc2c1. The van der Waals surface area contributed by atoms with E-state index in [9.17, 15) is 14.3 Å². The summed E-state index contributed by atoms with van der Waals surface area (Å²) in [6.07, 6.45) is 3.14. The number of hydrogen-bond donors (Lipinski definition) is 1. The topological polar surface area (TPSA) is 76.8 Å². The van der Waals surface area contributed by atoms with Crippen LogP contribution in [0.15, 0.2) is 42.6 Å². The Morgan fingerprint density at radius 1 is 1.11 bits per heavy atom. The summed E-state index contributed by atoms with van der Waals surface area (Å²) in [5, 5.41) is 15.3. The molecular weight excluding hydrogens is 501 g/mol. The van der Waals surface area contributed by atoms with Gasteiger partial charge in [-0.15, -0.1) is 0 Å². The lowest BCUT2D eigenvalue weighted by atomic mass is 9.73. The number of fused-ring (bicyclic) bond motifs is 1. The molecule has 0 aliphatic carbocycles. The van der Waals surface area contributed by atoms with Gasteiger partial charge in [-0.3, -0.25) is 0 Å². The molecule has 2 heterocycles. The van der Waals surface area contributed by atoms with Crippen LogP contribution in [0.5, 0.6) is 0 Å². The number of likely N-dealkylation sites (tertiary alicyclic amines) is 1. The highest BCUT2D eigenvalue weighted by Gasteiger charge is 2.38. The molecule has 0 atom stereocenters. The number of halogens is 1. The van der Waals surface area contributed by atoms with Crippen LogP contribution in [-0.4, -0.2) is 66.9 Å². The van der Waals surface area contributed by atoms with Gasteiger partial charge in [0.25, 0.3) is 0 Å². The molecule has 1 fully saturated rings. The normalized spacial score (nSPS) is 15.8. The smallest absolute Gasteiger partial charge is 0.407 e. The van der Waals surface area contributed by atoms with Crippen molar-refractivity contribution < 1.29 is 23.8 Å². The fraction of sp³-hybridized carbons (Fsp3) is 0.517. The Morgan fingerprint density at radius 2 is 1.82 bits per heavy atom. The zero-order chi connectivity index (χ0) is 27.3. The number of carbonyl (C=O) groups is 1. The Morgan fingerprint density at radius 3 is 2.47 bits per heavy atom. The van der Waals surface area contributed by atoms with Crippen molar-refractivity contribution in [1.29, 1.82) is 0 Å². The summed E-state index contributed by atoms with van der Waals surface area (Å²) in [5.74, 6) is -0.280. The third kappa shape index (κ3) is 7.21. The predicted molar refractivity (Wildman–Crippen MR) is 150 cm³/mol. The van der Waals surface area contributed by atoms with Crippen LogP contribution < -0.4 is 0 Å². The van der Waals surface area contributed by atoms with E-state index in [0.717, 1.165) is 34.7 Å². The average Bonchev–Trinajstić information content (AvgIpc) is 3.27. The molecule has 4 rings (SSSR count). The third-order valence-electron chi connectivity index (χ3n) is 7.44. The van der Waals surface area contributed by atoms with Gasteiger partial charge in [0.1, 0.15) is 12.5 Å². The van der Waals surface area contributed by atoms with Crippen LogP contribution in [0.4, 0.5) is 9.18 Å². The molecule has 0 saturated carbocycles. The van der Waals surface area contributed by atoms with Gasteiger partial charge >= 0.3 is 6.09 Å². The Bertz CT molecular complexity index is 1230. The summed E-state index contributed by atoms with van der Waals surface area (Å²) >= 11 is 0. The van der Waals surface area contributed by atoms with E-state index in [2.05, 4.69) is 38.7 Å². The number of rotatable bonds is 11. The van der Waals surface area contributed by atoms with Crippen molar-refractivity contribution in [2.45, 2.75) is 64.0 Å². The minimum Gasteiger partial charge on any atom is -0.465 e. The van der Waals surface area contributed by atoms with Gasteiger partial charge in [-0.25, -0.2) is 13.9 Å². The Labute approximate surface area is 225 Å². The van der Waals surface area contributed by atoms with E-state index >= 15 is 0 Å². The molecule has 206 valence electrons. The van der Waals surface area contributed by atoms with Gasteiger partial charge in [-0.1, -0.05) is 43.4 Å². The van der Waals surface area contributed by atoms with Crippen LogP contribution in [0.3, 0.4) is 0 Å². The largest absolute Gasteiger partial charge is 0.465 e. The first-order valence-corrected chi connectivity index (χ1v) is 17.1. The highest BCUT2D eigenvalue weighted by Crippen LogP contribution is 2.36. The van der Waals surface area contributed by atoms with Crippen molar-refractivity contribution in [2.24, 2.45) is 0 Å². The number of aromatic nitrogens is 2. The second-order valence-corrected chi connectivity index (χ2v) is 17.4. The zero-order valence-corrected chi connectivity index (χ0v) is 24.0. The molecule has 3 aromatic rings. The number of piperidine rings is 1. The van der Waals surface area contributed by atoms with Gasteiger partial charge in [-0.2, -0.15) is 5.10 Å². The standard InChI is InChI=1S/C29H40FN3O4Si/c1-22-17-23(27-24(18-22)19-33(31-27)21-37-15-16-38(2,3)4)9-14-36-20-29(25-5-7-26(30)8-6-25)10-12-32(13-11-29)28(34)35/h5-8,17-19H,9-16,20-21H2,1-4H3,(H,34,35). The van der Waals surface area contributed by atoms with Crippen molar-refractivity contribution in [3.05, 3.63) is 65.1 Å². The molecule has 9 heteroatoms. The average molecular weight is 542 g/mol. The van der Waals surface area contributed by atoms with Crippen LogP contribution in [-0.2, 0) is 28.0 Å². The quantitative estimate of drug-likeness (QED) is 0.236. The molecule has 7 nitrogen and oxygen atoms in total. The van der Waals surface area contributed by atoms with Gasteiger partial charge in [0.15, 0.2) is 0 Å². The van der Waals surface area contributed by atoms with Gasteiger partial charge in [0, 0.05) is 44.8 Å². The lowest BCUT2D eigenvalue weighted by Crippen LogP contribution is -2.47. The summed E-state index contributed by atoms with van der Waals surface area (Å²) in [4.78, 5) is 12.9. The van der Waals surface area contributed by atoms with Gasteiger partial charge in [0.2, 0.25) is 0 Å². The lowest BCUT2D eigenvalue weighted by molar-refractivity contribution is 0.0460. The molecule has 1 aromatic heterocycles. The molecule has 1 aliphatic rings. The maximum atomic E-state index is 13.6. The number of aryl methyl sites for hydroxylation is 1. The van der Waals surface area contributed by atoms with Crippen molar-refractivity contribution in [1.82, 2.24) is 14.7 Å². The number of benzene rings is 2. The minimum atomic E-state index is -1.13. The molecule has 0 bridgehead atoms. The van der Waals surface area contributed by atoms with Crippen molar-refractivity contribution >= 4 is 25.1 Å². The fourth-order valence-corrected chi connectivity index (χ4v) is 5.87. The van der Waals surface area contributed by atoms with Crippen LogP contribution in [0.25, 0.3) is 10.9 Å². The van der Waals surface area contributed by atoms with Gasteiger partial charge in [-0.05, 0) is 61.6 Å². The minimum absolute atomic E-state index is 0.280. The van der Waals surface area contributed by atoms with E-state index in [-0.39, 0.29) is 11.2 Å². The summed E-state index contributed by atoms with van der Waals surface area (Å²) < 4.78 is 27.6. The number of ether oxygens (including phenoxy) is 2. The molecule has 38 heavy (non-hydrogen) atoms. The molecule has 1 amide bonds. The molecular formula is C29H40FN3O4Si. The molecule has 2 aromatic carbocycles. The monoisotopic (exact) mass is 541 g/mol. The Hall–Kier alpha value is -2.75. The Kier molecular flexibility index (Phi) is 8.90. The van der Waals surface area contributed by atoms with E-state index in [1.165, 1.54) is 22.6 Å². The van der Waals surface area contributed by atoms with E-state index in [1.54, 1.807) is 12.1 Å². The first-order chi connectivity index (χ1) is 18.0. The summed E-state index contributed by atoms with van der Waals surface area (Å²) in [7, 11) is -1.13. The number of carboxylic acid groups (broad SMARTS) is 1. The van der Waals surface area contributed by atoms with Crippen LogP contribution >= 0.6 is 0 Å². The van der Waals surface area contributed by atoms with E-state index in [4.69, 9.17) is 14.6 Å². The van der Waals surface area contributed by atoms with Crippen LogP contribution in [0.2, 0.25) is 25.7 Å². The Balaban J connectivity index is 1.40. The maximum absolute atomic E-state index is 13.6. The number of nitrogens with zero attached hydrogens (tertiary/aromatic N) is 3. The number of hydrogen-bond acceptors (Lipinski definition) is 4.